The van der Waals surface area contributed by atoms with Gasteiger partial charge in [-0.2, -0.15) is 0 Å². The number of aliphatic carboxylic acids is 1. The molecule has 108 valence electrons. The van der Waals surface area contributed by atoms with Crippen LogP contribution in [0.25, 0.3) is 0 Å². The topological polar surface area (TPSA) is 60.8 Å². The summed E-state index contributed by atoms with van der Waals surface area (Å²) >= 11 is 0. The second-order valence-corrected chi connectivity index (χ2v) is 5.40. The first-order valence-corrected chi connectivity index (χ1v) is 6.95. The first kappa shape index (κ1) is 13.6. The molecule has 1 aliphatic rings. The highest BCUT2D eigenvalue weighted by molar-refractivity contribution is 5.74. The highest BCUT2D eigenvalue weighted by Crippen LogP contribution is 2.25. The van der Waals surface area contributed by atoms with Crippen LogP contribution in [0.4, 0.5) is 0 Å². The van der Waals surface area contributed by atoms with Crippen LogP contribution >= 0.6 is 0 Å². The zero-order valence-corrected chi connectivity index (χ0v) is 11.6. The predicted octanol–water partition coefficient (Wildman–Crippen LogP) is 2.40. The molecule has 2 aromatic rings. The molecule has 0 radical (unpaired) electrons. The molecule has 1 atom stereocenters. The molecule has 0 amide bonds. The van der Waals surface area contributed by atoms with Crippen molar-refractivity contribution in [2.24, 2.45) is 0 Å². The lowest BCUT2D eigenvalue weighted by molar-refractivity contribution is -0.144. The number of hydrogen-bond acceptors (Lipinski definition) is 3. The molecule has 0 fully saturated rings. The predicted molar refractivity (Wildman–Crippen MR) is 78.9 cm³/mol. The number of benzene rings is 2. The maximum absolute atomic E-state index is 11.5. The third-order valence-electron chi connectivity index (χ3n) is 3.95. The molecule has 0 aromatic heterocycles. The van der Waals surface area contributed by atoms with Crippen LogP contribution in [-0.2, 0) is 24.3 Å². The minimum Gasteiger partial charge on any atom is -0.508 e. The summed E-state index contributed by atoms with van der Waals surface area (Å²) in [6.45, 7) is 1.19. The van der Waals surface area contributed by atoms with Crippen molar-refractivity contribution in [3.63, 3.8) is 0 Å². The molecular formula is C17H17NO3. The van der Waals surface area contributed by atoms with E-state index in [9.17, 15) is 15.0 Å². The average Bonchev–Trinajstić information content (AvgIpc) is 2.48. The van der Waals surface area contributed by atoms with E-state index in [4.69, 9.17) is 0 Å². The minimum atomic E-state index is -0.789. The lowest BCUT2D eigenvalue weighted by Gasteiger charge is -2.34. The molecule has 0 unspecified atom stereocenters. The number of rotatable bonds is 3. The maximum Gasteiger partial charge on any atom is 0.321 e. The summed E-state index contributed by atoms with van der Waals surface area (Å²) in [6.07, 6.45) is 0.531. The van der Waals surface area contributed by atoms with Gasteiger partial charge >= 0.3 is 5.97 Å². The van der Waals surface area contributed by atoms with Gasteiger partial charge in [-0.05, 0) is 35.2 Å². The van der Waals surface area contributed by atoms with Crippen LogP contribution in [-0.4, -0.2) is 27.1 Å². The molecule has 0 spiro atoms. The maximum atomic E-state index is 11.5. The number of aromatic hydroxyl groups is 1. The van der Waals surface area contributed by atoms with Crippen LogP contribution in [0.5, 0.6) is 5.75 Å². The average molecular weight is 283 g/mol. The summed E-state index contributed by atoms with van der Waals surface area (Å²) in [5, 5.41) is 18.8. The van der Waals surface area contributed by atoms with E-state index in [1.807, 2.05) is 35.2 Å². The number of carboxylic acids is 1. The number of nitrogens with zero attached hydrogens (tertiary/aromatic N) is 1. The monoisotopic (exact) mass is 283 g/mol. The van der Waals surface area contributed by atoms with Crippen molar-refractivity contribution in [1.29, 1.82) is 0 Å². The van der Waals surface area contributed by atoms with Crippen LogP contribution in [0.3, 0.4) is 0 Å². The van der Waals surface area contributed by atoms with E-state index in [-0.39, 0.29) is 5.75 Å². The fourth-order valence-electron chi connectivity index (χ4n) is 2.82. The van der Waals surface area contributed by atoms with Crippen molar-refractivity contribution in [3.8, 4) is 5.75 Å². The SMILES string of the molecule is O=C(O)[C@@H]1Cc2ccccc2CN1Cc1ccc(O)cc1. The first-order valence-electron chi connectivity index (χ1n) is 6.95. The zero-order chi connectivity index (χ0) is 14.8. The van der Waals surface area contributed by atoms with Gasteiger partial charge in [-0.3, -0.25) is 9.69 Å². The van der Waals surface area contributed by atoms with Gasteiger partial charge in [0.2, 0.25) is 0 Å². The Kier molecular flexibility index (Phi) is 3.62. The van der Waals surface area contributed by atoms with E-state index in [0.29, 0.717) is 19.5 Å². The largest absolute Gasteiger partial charge is 0.508 e. The first-order chi connectivity index (χ1) is 10.1. The Morgan fingerprint density at radius 2 is 1.76 bits per heavy atom. The molecule has 3 rings (SSSR count). The molecule has 1 heterocycles. The van der Waals surface area contributed by atoms with Gasteiger partial charge in [0.25, 0.3) is 0 Å². The van der Waals surface area contributed by atoms with Crippen molar-refractivity contribution in [2.45, 2.75) is 25.6 Å². The lowest BCUT2D eigenvalue weighted by Crippen LogP contribution is -2.44. The highest BCUT2D eigenvalue weighted by Gasteiger charge is 2.31. The number of fused-ring (bicyclic) bond motifs is 1. The number of hydrogen-bond donors (Lipinski definition) is 2. The second kappa shape index (κ2) is 5.58. The molecule has 0 bridgehead atoms. The Bertz CT molecular complexity index is 651. The third kappa shape index (κ3) is 2.90. The number of phenolic OH excluding ortho intramolecular Hbond substituents is 1. The highest BCUT2D eigenvalue weighted by atomic mass is 16.4. The molecule has 21 heavy (non-hydrogen) atoms. The molecule has 0 saturated carbocycles. The van der Waals surface area contributed by atoms with Crippen LogP contribution in [0.15, 0.2) is 48.5 Å². The van der Waals surface area contributed by atoms with Gasteiger partial charge in [0.15, 0.2) is 0 Å². The van der Waals surface area contributed by atoms with Gasteiger partial charge in [0, 0.05) is 13.1 Å². The van der Waals surface area contributed by atoms with Crippen molar-refractivity contribution in [1.82, 2.24) is 4.90 Å². The van der Waals surface area contributed by atoms with Gasteiger partial charge in [-0.25, -0.2) is 0 Å². The van der Waals surface area contributed by atoms with Crippen LogP contribution in [0, 0.1) is 0 Å². The number of phenols is 1. The Balaban J connectivity index is 1.85. The molecule has 4 heteroatoms. The van der Waals surface area contributed by atoms with Crippen molar-refractivity contribution >= 4 is 5.97 Å². The Morgan fingerprint density at radius 1 is 1.10 bits per heavy atom. The van der Waals surface area contributed by atoms with E-state index in [2.05, 4.69) is 6.07 Å². The number of carboxylic acid groups (broad SMARTS) is 1. The van der Waals surface area contributed by atoms with Crippen LogP contribution in [0.2, 0.25) is 0 Å². The van der Waals surface area contributed by atoms with Gasteiger partial charge in [0.05, 0.1) is 0 Å². The Hall–Kier alpha value is -2.33. The van der Waals surface area contributed by atoms with Gasteiger partial charge in [-0.1, -0.05) is 36.4 Å². The van der Waals surface area contributed by atoms with Gasteiger partial charge in [0.1, 0.15) is 11.8 Å². The van der Waals surface area contributed by atoms with Gasteiger partial charge in [-0.15, -0.1) is 0 Å². The second-order valence-electron chi connectivity index (χ2n) is 5.40. The smallest absolute Gasteiger partial charge is 0.321 e. The van der Waals surface area contributed by atoms with Crippen molar-refractivity contribution in [2.75, 3.05) is 0 Å². The van der Waals surface area contributed by atoms with E-state index < -0.39 is 12.0 Å². The summed E-state index contributed by atoms with van der Waals surface area (Å²) in [7, 11) is 0. The molecule has 1 aliphatic heterocycles. The van der Waals surface area contributed by atoms with Crippen LogP contribution in [0.1, 0.15) is 16.7 Å². The summed E-state index contributed by atoms with van der Waals surface area (Å²) in [5.41, 5.74) is 3.30. The zero-order valence-electron chi connectivity index (χ0n) is 11.6. The van der Waals surface area contributed by atoms with Crippen LogP contribution < -0.4 is 0 Å². The normalized spacial score (nSPS) is 18.2. The molecule has 0 aliphatic carbocycles. The minimum absolute atomic E-state index is 0.220. The molecule has 2 N–H and O–H groups in total. The molecule has 0 saturated heterocycles. The molecular weight excluding hydrogens is 266 g/mol. The Labute approximate surface area is 123 Å². The summed E-state index contributed by atoms with van der Waals surface area (Å²) in [4.78, 5) is 13.5. The number of carbonyl (C=O) groups is 1. The van der Waals surface area contributed by atoms with E-state index in [1.165, 1.54) is 5.56 Å². The van der Waals surface area contributed by atoms with Gasteiger partial charge < -0.3 is 10.2 Å². The van der Waals surface area contributed by atoms with E-state index in [0.717, 1.165) is 11.1 Å². The van der Waals surface area contributed by atoms with E-state index in [1.54, 1.807) is 12.1 Å². The lowest BCUT2D eigenvalue weighted by atomic mass is 9.93. The molecule has 2 aromatic carbocycles. The van der Waals surface area contributed by atoms with E-state index >= 15 is 0 Å². The fourth-order valence-corrected chi connectivity index (χ4v) is 2.82. The quantitative estimate of drug-likeness (QED) is 0.908. The van der Waals surface area contributed by atoms with Crippen molar-refractivity contribution in [3.05, 3.63) is 65.2 Å². The van der Waals surface area contributed by atoms with Crippen molar-refractivity contribution < 1.29 is 15.0 Å². The Morgan fingerprint density at radius 3 is 2.43 bits per heavy atom. The summed E-state index contributed by atoms with van der Waals surface area (Å²) in [5.74, 6) is -0.569. The summed E-state index contributed by atoms with van der Waals surface area (Å²) in [6, 6.07) is 14.4. The standard InChI is InChI=1S/C17H17NO3/c19-15-7-5-12(6-8-15)10-18-11-14-4-2-1-3-13(14)9-16(18)17(20)21/h1-8,16,19H,9-11H2,(H,20,21)/t16-/m0/s1. The fraction of sp³-hybridized carbons (Fsp3) is 0.235. The summed E-state index contributed by atoms with van der Waals surface area (Å²) < 4.78 is 0. The molecule has 4 nitrogen and oxygen atoms in total. The third-order valence-corrected chi connectivity index (χ3v) is 3.95.